The molecule has 0 spiro atoms. The summed E-state index contributed by atoms with van der Waals surface area (Å²) in [6.45, 7) is 2.40. The molecule has 4 heteroatoms. The van der Waals surface area contributed by atoms with Gasteiger partial charge in [0.25, 0.3) is 6.43 Å². The van der Waals surface area contributed by atoms with E-state index in [2.05, 4.69) is 0 Å². The molecule has 2 unspecified atom stereocenters. The quantitative estimate of drug-likeness (QED) is 0.651. The van der Waals surface area contributed by atoms with Gasteiger partial charge in [0.15, 0.2) is 0 Å². The van der Waals surface area contributed by atoms with Crippen molar-refractivity contribution in [3.05, 3.63) is 0 Å². The maximum atomic E-state index is 12.3. The first kappa shape index (κ1) is 9.86. The van der Waals surface area contributed by atoms with Crippen molar-refractivity contribution >= 4 is 0 Å². The Balaban J connectivity index is 2.60. The molecule has 1 rings (SSSR count). The Bertz CT molecular complexity index is 165. The topological polar surface area (TPSA) is 23.5 Å². The second-order valence-electron chi connectivity index (χ2n) is 3.69. The largest absolute Gasteiger partial charge is 0.384 e. The Morgan fingerprint density at radius 1 is 1.58 bits per heavy atom. The Labute approximate surface area is 71.2 Å². The van der Waals surface area contributed by atoms with Crippen LogP contribution in [0.2, 0.25) is 0 Å². The summed E-state index contributed by atoms with van der Waals surface area (Å²) in [5.41, 5.74) is -1.74. The fourth-order valence-corrected chi connectivity index (χ4v) is 1.56. The lowest BCUT2D eigenvalue weighted by molar-refractivity contribution is -0.134. The minimum Gasteiger partial charge on any atom is -0.384 e. The number of rotatable bonds is 1. The summed E-state index contributed by atoms with van der Waals surface area (Å²) >= 11 is 0. The molecule has 0 aromatic heterocycles. The van der Waals surface area contributed by atoms with Crippen molar-refractivity contribution in [1.29, 1.82) is 0 Å². The molecule has 12 heavy (non-hydrogen) atoms. The van der Waals surface area contributed by atoms with Gasteiger partial charge in [-0.3, -0.25) is 0 Å². The van der Waals surface area contributed by atoms with Gasteiger partial charge < -0.3 is 10.0 Å². The van der Waals surface area contributed by atoms with Crippen molar-refractivity contribution in [2.24, 2.45) is 0 Å². The highest BCUT2D eigenvalue weighted by molar-refractivity contribution is 4.90. The third kappa shape index (κ3) is 1.75. The van der Waals surface area contributed by atoms with E-state index >= 15 is 0 Å². The van der Waals surface area contributed by atoms with Crippen LogP contribution in [0.4, 0.5) is 8.78 Å². The molecule has 1 aliphatic heterocycles. The van der Waals surface area contributed by atoms with Gasteiger partial charge in [-0.15, -0.1) is 0 Å². The second kappa shape index (κ2) is 3.26. The second-order valence-corrected chi connectivity index (χ2v) is 3.69. The molecule has 0 radical (unpaired) electrons. The van der Waals surface area contributed by atoms with Gasteiger partial charge in [0, 0.05) is 12.6 Å². The lowest BCUT2D eigenvalue weighted by atomic mass is 9.88. The molecule has 0 amide bonds. The molecule has 0 saturated carbocycles. The smallest absolute Gasteiger partial charge is 0.266 e. The first-order chi connectivity index (χ1) is 5.46. The average molecular weight is 179 g/mol. The van der Waals surface area contributed by atoms with Crippen molar-refractivity contribution in [2.75, 3.05) is 13.6 Å². The molecule has 1 saturated heterocycles. The molecule has 2 nitrogen and oxygen atoms in total. The number of nitrogens with zero attached hydrogens (tertiary/aromatic N) is 1. The van der Waals surface area contributed by atoms with Gasteiger partial charge in [0.05, 0.1) is 0 Å². The van der Waals surface area contributed by atoms with E-state index in [-0.39, 0.29) is 18.9 Å². The zero-order chi connectivity index (χ0) is 9.35. The first-order valence-electron chi connectivity index (χ1n) is 4.16. The fourth-order valence-electron chi connectivity index (χ4n) is 1.56. The molecule has 0 bridgehead atoms. The number of alkyl halides is 2. The molecule has 0 aromatic rings. The molecular weight excluding hydrogens is 164 g/mol. The van der Waals surface area contributed by atoms with Crippen LogP contribution >= 0.6 is 0 Å². The van der Waals surface area contributed by atoms with Crippen molar-refractivity contribution in [2.45, 2.75) is 37.8 Å². The minimum atomic E-state index is -2.62. The van der Waals surface area contributed by atoms with E-state index in [9.17, 15) is 13.9 Å². The van der Waals surface area contributed by atoms with Crippen molar-refractivity contribution in [3.63, 3.8) is 0 Å². The van der Waals surface area contributed by atoms with Crippen LogP contribution in [0.5, 0.6) is 0 Å². The first-order valence-corrected chi connectivity index (χ1v) is 4.16. The number of halogens is 2. The molecule has 1 aliphatic rings. The molecule has 1 heterocycles. The summed E-state index contributed by atoms with van der Waals surface area (Å²) in [5.74, 6) is 0. The third-order valence-electron chi connectivity index (χ3n) is 2.70. The molecule has 0 aliphatic carbocycles. The van der Waals surface area contributed by atoms with E-state index in [1.807, 2.05) is 18.9 Å². The molecule has 1 N–H and O–H groups in total. The Morgan fingerprint density at radius 2 is 2.17 bits per heavy atom. The van der Waals surface area contributed by atoms with Gasteiger partial charge in [-0.25, -0.2) is 8.78 Å². The summed E-state index contributed by atoms with van der Waals surface area (Å²) in [5, 5.41) is 9.46. The fraction of sp³-hybridized carbons (Fsp3) is 1.00. The molecule has 2 atom stereocenters. The lowest BCUT2D eigenvalue weighted by Gasteiger charge is -2.40. The van der Waals surface area contributed by atoms with Crippen LogP contribution in [0.25, 0.3) is 0 Å². The summed E-state index contributed by atoms with van der Waals surface area (Å²) < 4.78 is 24.7. The molecular formula is C8H15F2NO. The van der Waals surface area contributed by atoms with E-state index in [4.69, 9.17) is 0 Å². The Morgan fingerprint density at radius 3 is 2.58 bits per heavy atom. The molecule has 1 fully saturated rings. The van der Waals surface area contributed by atoms with Crippen LogP contribution in [0.1, 0.15) is 19.8 Å². The Hall–Kier alpha value is -0.220. The van der Waals surface area contributed by atoms with E-state index in [0.29, 0.717) is 6.54 Å². The predicted octanol–water partition coefficient (Wildman–Crippen LogP) is 1.10. The van der Waals surface area contributed by atoms with Gasteiger partial charge in [-0.2, -0.15) is 0 Å². The van der Waals surface area contributed by atoms with Crippen LogP contribution in [0.3, 0.4) is 0 Å². The zero-order valence-electron chi connectivity index (χ0n) is 7.43. The lowest BCUT2D eigenvalue weighted by Crippen LogP contribution is -2.51. The maximum absolute atomic E-state index is 12.3. The summed E-state index contributed by atoms with van der Waals surface area (Å²) in [7, 11) is 1.88. The van der Waals surface area contributed by atoms with E-state index < -0.39 is 12.0 Å². The van der Waals surface area contributed by atoms with Crippen LogP contribution in [-0.2, 0) is 0 Å². The average Bonchev–Trinajstić information content (AvgIpc) is 1.97. The summed E-state index contributed by atoms with van der Waals surface area (Å²) in [6.07, 6.45) is -2.28. The van der Waals surface area contributed by atoms with Gasteiger partial charge in [-0.05, 0) is 26.8 Å². The third-order valence-corrected chi connectivity index (χ3v) is 2.70. The number of hydrogen-bond donors (Lipinski definition) is 1. The highest BCUT2D eigenvalue weighted by Crippen LogP contribution is 2.30. The molecule has 72 valence electrons. The minimum absolute atomic E-state index is 0.0396. The number of aliphatic hydroxyl groups is 1. The summed E-state index contributed by atoms with van der Waals surface area (Å²) in [4.78, 5) is 1.98. The van der Waals surface area contributed by atoms with Crippen molar-refractivity contribution in [3.8, 4) is 0 Å². The molecule has 0 aromatic carbocycles. The summed E-state index contributed by atoms with van der Waals surface area (Å²) in [6, 6.07) is 0.0396. The SMILES string of the molecule is CC1CC(O)(C(F)F)CCN1C. The van der Waals surface area contributed by atoms with E-state index in [1.165, 1.54) is 0 Å². The van der Waals surface area contributed by atoms with Crippen LogP contribution in [0.15, 0.2) is 0 Å². The van der Waals surface area contributed by atoms with Gasteiger partial charge in [0.2, 0.25) is 0 Å². The Kier molecular flexibility index (Phi) is 2.68. The van der Waals surface area contributed by atoms with Crippen molar-refractivity contribution in [1.82, 2.24) is 4.90 Å². The van der Waals surface area contributed by atoms with Crippen molar-refractivity contribution < 1.29 is 13.9 Å². The zero-order valence-corrected chi connectivity index (χ0v) is 7.43. The van der Waals surface area contributed by atoms with Gasteiger partial charge in [-0.1, -0.05) is 0 Å². The van der Waals surface area contributed by atoms with Gasteiger partial charge in [0.1, 0.15) is 5.60 Å². The van der Waals surface area contributed by atoms with Crippen LogP contribution < -0.4 is 0 Å². The number of hydrogen-bond acceptors (Lipinski definition) is 2. The van der Waals surface area contributed by atoms with Crippen LogP contribution in [0, 0.1) is 0 Å². The normalized spacial score (nSPS) is 39.0. The maximum Gasteiger partial charge on any atom is 0.266 e. The highest BCUT2D eigenvalue weighted by Gasteiger charge is 2.42. The predicted molar refractivity (Wildman–Crippen MR) is 42.3 cm³/mol. The van der Waals surface area contributed by atoms with E-state index in [1.54, 1.807) is 0 Å². The number of likely N-dealkylation sites (tertiary alicyclic amines) is 1. The number of piperidine rings is 1. The van der Waals surface area contributed by atoms with Crippen LogP contribution in [-0.4, -0.2) is 41.7 Å². The monoisotopic (exact) mass is 179 g/mol. The van der Waals surface area contributed by atoms with E-state index in [0.717, 1.165) is 0 Å². The van der Waals surface area contributed by atoms with Gasteiger partial charge >= 0.3 is 0 Å². The highest BCUT2D eigenvalue weighted by atomic mass is 19.3. The standard InChI is InChI=1S/C8H15F2NO/c1-6-5-8(12,7(9)10)3-4-11(6)2/h6-7,12H,3-5H2,1-2H3.